The molecule has 0 amide bonds. The molecule has 0 spiro atoms. The highest BCUT2D eigenvalue weighted by Crippen LogP contribution is 2.32. The van der Waals surface area contributed by atoms with Crippen molar-refractivity contribution in [1.82, 2.24) is 0 Å². The summed E-state index contributed by atoms with van der Waals surface area (Å²) in [5.74, 6) is 0.797. The third kappa shape index (κ3) is 3.17. The van der Waals surface area contributed by atoms with Gasteiger partial charge in [-0.2, -0.15) is 0 Å². The molecule has 0 aliphatic rings. The van der Waals surface area contributed by atoms with Crippen molar-refractivity contribution in [2.75, 3.05) is 7.11 Å². The molecule has 0 bridgehead atoms. The average Bonchev–Trinajstić information content (AvgIpc) is 2.86. The average molecular weight is 276 g/mol. The molecule has 0 saturated heterocycles. The number of ether oxygens (including phenoxy) is 1. The fourth-order valence-electron chi connectivity index (χ4n) is 1.91. The second kappa shape index (κ2) is 5.35. The van der Waals surface area contributed by atoms with Crippen LogP contribution >= 0.6 is 11.3 Å². The Labute approximate surface area is 118 Å². The van der Waals surface area contributed by atoms with Crippen LogP contribution in [0.3, 0.4) is 0 Å². The van der Waals surface area contributed by atoms with E-state index in [1.54, 1.807) is 7.11 Å². The van der Waals surface area contributed by atoms with E-state index < -0.39 is 6.10 Å². The molecular weight excluding hydrogens is 256 g/mol. The summed E-state index contributed by atoms with van der Waals surface area (Å²) in [5.41, 5.74) is 2.32. The summed E-state index contributed by atoms with van der Waals surface area (Å²) in [5, 5.41) is 12.3. The van der Waals surface area contributed by atoms with Gasteiger partial charge in [0.2, 0.25) is 0 Å². The lowest BCUT2D eigenvalue weighted by Gasteiger charge is -2.19. The van der Waals surface area contributed by atoms with E-state index in [1.165, 1.54) is 16.9 Å². The highest BCUT2D eigenvalue weighted by atomic mass is 32.1. The van der Waals surface area contributed by atoms with Gasteiger partial charge in [-0.3, -0.25) is 0 Å². The smallest absolute Gasteiger partial charge is 0.129 e. The van der Waals surface area contributed by atoms with Crippen LogP contribution in [0.2, 0.25) is 0 Å². The SMILES string of the molecule is COc1csc(C(O)c2ccc(C(C)(C)C)cc2)c1. The molecule has 0 aliphatic carbocycles. The molecule has 1 atom stereocenters. The van der Waals surface area contributed by atoms with Crippen LogP contribution in [0.15, 0.2) is 35.7 Å². The van der Waals surface area contributed by atoms with E-state index in [2.05, 4.69) is 32.9 Å². The Morgan fingerprint density at radius 3 is 2.26 bits per heavy atom. The summed E-state index contributed by atoms with van der Waals surface area (Å²) < 4.78 is 5.14. The van der Waals surface area contributed by atoms with Crippen LogP contribution in [0.25, 0.3) is 0 Å². The minimum Gasteiger partial charge on any atom is -0.496 e. The second-order valence-corrected chi connectivity index (χ2v) is 6.61. The summed E-state index contributed by atoms with van der Waals surface area (Å²) >= 11 is 1.51. The number of hydrogen-bond acceptors (Lipinski definition) is 3. The lowest BCUT2D eigenvalue weighted by atomic mass is 9.86. The molecule has 2 aromatic rings. The molecular formula is C16H20O2S. The first-order valence-electron chi connectivity index (χ1n) is 6.33. The van der Waals surface area contributed by atoms with Crippen molar-refractivity contribution in [3.8, 4) is 5.75 Å². The Kier molecular flexibility index (Phi) is 3.97. The van der Waals surface area contributed by atoms with Gasteiger partial charge in [0.05, 0.1) is 7.11 Å². The Balaban J connectivity index is 2.22. The molecule has 1 unspecified atom stereocenters. The zero-order valence-electron chi connectivity index (χ0n) is 11.8. The molecule has 0 fully saturated rings. The first kappa shape index (κ1) is 14.1. The van der Waals surface area contributed by atoms with E-state index in [4.69, 9.17) is 4.74 Å². The molecule has 0 radical (unpaired) electrons. The van der Waals surface area contributed by atoms with E-state index in [0.29, 0.717) is 0 Å². The van der Waals surface area contributed by atoms with Crippen LogP contribution in [-0.2, 0) is 5.41 Å². The number of hydrogen-bond donors (Lipinski definition) is 1. The zero-order valence-corrected chi connectivity index (χ0v) is 12.6. The van der Waals surface area contributed by atoms with Crippen molar-refractivity contribution in [3.05, 3.63) is 51.7 Å². The normalized spacial score (nSPS) is 13.3. The predicted octanol–water partition coefficient (Wildman–Crippen LogP) is 4.14. The first-order chi connectivity index (χ1) is 8.91. The van der Waals surface area contributed by atoms with E-state index >= 15 is 0 Å². The highest BCUT2D eigenvalue weighted by Gasteiger charge is 2.16. The van der Waals surface area contributed by atoms with Crippen molar-refractivity contribution < 1.29 is 9.84 Å². The number of methoxy groups -OCH3 is 1. The Morgan fingerprint density at radius 2 is 1.79 bits per heavy atom. The second-order valence-electron chi connectivity index (χ2n) is 5.66. The summed E-state index contributed by atoms with van der Waals surface area (Å²) in [4.78, 5) is 0.903. The van der Waals surface area contributed by atoms with Crippen LogP contribution in [0.4, 0.5) is 0 Å². The lowest BCUT2D eigenvalue weighted by molar-refractivity contribution is 0.224. The van der Waals surface area contributed by atoms with Gasteiger partial charge in [-0.25, -0.2) is 0 Å². The molecule has 3 heteroatoms. The van der Waals surface area contributed by atoms with Crippen LogP contribution in [-0.4, -0.2) is 12.2 Å². The number of benzene rings is 1. The molecule has 2 rings (SSSR count). The van der Waals surface area contributed by atoms with Crippen molar-refractivity contribution in [2.45, 2.75) is 32.3 Å². The standard InChI is InChI=1S/C16H20O2S/c1-16(2,3)12-7-5-11(6-8-12)15(17)14-9-13(18-4)10-19-14/h5-10,15,17H,1-4H3. The third-order valence-corrected chi connectivity index (χ3v) is 4.16. The molecule has 2 nitrogen and oxygen atoms in total. The maximum Gasteiger partial charge on any atom is 0.129 e. The first-order valence-corrected chi connectivity index (χ1v) is 7.20. The van der Waals surface area contributed by atoms with Gasteiger partial charge < -0.3 is 9.84 Å². The van der Waals surface area contributed by atoms with Gasteiger partial charge >= 0.3 is 0 Å². The molecule has 102 valence electrons. The van der Waals surface area contributed by atoms with E-state index in [9.17, 15) is 5.11 Å². The summed E-state index contributed by atoms with van der Waals surface area (Å²) in [6.07, 6.45) is -0.581. The maximum absolute atomic E-state index is 10.3. The summed E-state index contributed by atoms with van der Waals surface area (Å²) in [7, 11) is 1.64. The Hall–Kier alpha value is -1.32. The highest BCUT2D eigenvalue weighted by molar-refractivity contribution is 7.10. The summed E-state index contributed by atoms with van der Waals surface area (Å²) in [6.45, 7) is 6.55. The largest absolute Gasteiger partial charge is 0.496 e. The molecule has 1 N–H and O–H groups in total. The molecule has 0 aliphatic heterocycles. The van der Waals surface area contributed by atoms with Gasteiger partial charge in [0.15, 0.2) is 0 Å². The topological polar surface area (TPSA) is 29.5 Å². The minimum absolute atomic E-state index is 0.135. The van der Waals surface area contributed by atoms with E-state index in [1.807, 2.05) is 23.6 Å². The van der Waals surface area contributed by atoms with Crippen LogP contribution in [0, 0.1) is 0 Å². The molecule has 0 saturated carbocycles. The predicted molar refractivity (Wildman–Crippen MR) is 80.1 cm³/mol. The van der Waals surface area contributed by atoms with Crippen molar-refractivity contribution in [1.29, 1.82) is 0 Å². The van der Waals surface area contributed by atoms with Gasteiger partial charge in [0.25, 0.3) is 0 Å². The Morgan fingerprint density at radius 1 is 1.16 bits per heavy atom. The van der Waals surface area contributed by atoms with Gasteiger partial charge in [-0.15, -0.1) is 11.3 Å². The number of aliphatic hydroxyl groups is 1. The molecule has 1 heterocycles. The fraction of sp³-hybridized carbons (Fsp3) is 0.375. The number of thiophene rings is 1. The van der Waals surface area contributed by atoms with Gasteiger partial charge in [-0.05, 0) is 22.6 Å². The molecule has 1 aromatic heterocycles. The Bertz CT molecular complexity index is 535. The maximum atomic E-state index is 10.3. The van der Waals surface area contributed by atoms with Crippen LogP contribution in [0.1, 0.15) is 42.9 Å². The monoisotopic (exact) mass is 276 g/mol. The quantitative estimate of drug-likeness (QED) is 0.913. The zero-order chi connectivity index (χ0) is 14.0. The lowest BCUT2D eigenvalue weighted by Crippen LogP contribution is -2.11. The third-order valence-electron chi connectivity index (χ3n) is 3.19. The van der Waals surface area contributed by atoms with Crippen molar-refractivity contribution >= 4 is 11.3 Å². The fourth-order valence-corrected chi connectivity index (χ4v) is 2.78. The number of rotatable bonds is 3. The van der Waals surface area contributed by atoms with Crippen molar-refractivity contribution in [3.63, 3.8) is 0 Å². The minimum atomic E-state index is -0.581. The van der Waals surface area contributed by atoms with E-state index in [0.717, 1.165) is 16.2 Å². The van der Waals surface area contributed by atoms with Crippen molar-refractivity contribution in [2.24, 2.45) is 0 Å². The van der Waals surface area contributed by atoms with Crippen LogP contribution in [0.5, 0.6) is 5.75 Å². The molecule has 19 heavy (non-hydrogen) atoms. The van der Waals surface area contributed by atoms with Gasteiger partial charge in [-0.1, -0.05) is 45.0 Å². The van der Waals surface area contributed by atoms with Gasteiger partial charge in [0.1, 0.15) is 11.9 Å². The summed E-state index contributed by atoms with van der Waals surface area (Å²) in [6, 6.07) is 10.1. The van der Waals surface area contributed by atoms with E-state index in [-0.39, 0.29) is 5.41 Å². The van der Waals surface area contributed by atoms with Crippen LogP contribution < -0.4 is 4.74 Å². The molecule has 1 aromatic carbocycles. The number of aliphatic hydroxyl groups excluding tert-OH is 1. The van der Waals surface area contributed by atoms with Gasteiger partial charge in [0, 0.05) is 10.3 Å².